The molecule has 0 spiro atoms. The normalized spacial score (nSPS) is 16.8. The molecule has 0 aliphatic heterocycles. The summed E-state index contributed by atoms with van der Waals surface area (Å²) < 4.78 is 0. The van der Waals surface area contributed by atoms with Gasteiger partial charge in [-0.15, -0.1) is 0 Å². The molecule has 0 radical (unpaired) electrons. The summed E-state index contributed by atoms with van der Waals surface area (Å²) in [6, 6.07) is 8.08. The largest absolute Gasteiger partial charge is 0.370 e. The Bertz CT molecular complexity index is 558. The van der Waals surface area contributed by atoms with Gasteiger partial charge in [-0.25, -0.2) is 0 Å². The molecule has 1 aliphatic carbocycles. The molecule has 1 aliphatic rings. The van der Waals surface area contributed by atoms with Crippen molar-refractivity contribution in [3.63, 3.8) is 0 Å². The van der Waals surface area contributed by atoms with Crippen LogP contribution in [-0.4, -0.2) is 11.9 Å². The molecule has 4 nitrogen and oxygen atoms in total. The van der Waals surface area contributed by atoms with Crippen molar-refractivity contribution in [2.45, 2.75) is 26.7 Å². The molecule has 4 heteroatoms. The minimum Gasteiger partial charge on any atom is -0.370 e. The standard InChI is InChI=1S/C15H19N3O/c1-15(2)8-7-10-5-3-4-6-11(10)9-12(15)13(19)18-14(16)17/h3-6,9H,7-8H2,1-2H3,(H4,16,17,18,19). The van der Waals surface area contributed by atoms with Crippen molar-refractivity contribution in [2.75, 3.05) is 0 Å². The summed E-state index contributed by atoms with van der Waals surface area (Å²) in [5.74, 6) is -0.603. The van der Waals surface area contributed by atoms with Crippen molar-refractivity contribution >= 4 is 17.9 Å². The second kappa shape index (κ2) is 4.88. The number of hydrogen-bond donors (Lipinski definition) is 3. The van der Waals surface area contributed by atoms with Crippen molar-refractivity contribution < 1.29 is 4.79 Å². The van der Waals surface area contributed by atoms with Gasteiger partial charge in [0.1, 0.15) is 0 Å². The van der Waals surface area contributed by atoms with Crippen molar-refractivity contribution in [3.8, 4) is 0 Å². The molecule has 1 aromatic rings. The summed E-state index contributed by atoms with van der Waals surface area (Å²) in [6.45, 7) is 4.09. The van der Waals surface area contributed by atoms with Gasteiger partial charge in [0.2, 0.25) is 0 Å². The highest BCUT2D eigenvalue weighted by molar-refractivity contribution is 6.07. The van der Waals surface area contributed by atoms with E-state index in [0.29, 0.717) is 5.57 Å². The zero-order valence-corrected chi connectivity index (χ0v) is 11.3. The third-order valence-electron chi connectivity index (χ3n) is 3.60. The quantitative estimate of drug-likeness (QED) is 0.532. The summed E-state index contributed by atoms with van der Waals surface area (Å²) >= 11 is 0. The van der Waals surface area contributed by atoms with Gasteiger partial charge in [0, 0.05) is 5.57 Å². The van der Waals surface area contributed by atoms with Crippen LogP contribution in [0.4, 0.5) is 0 Å². The Labute approximate surface area is 113 Å². The third-order valence-corrected chi connectivity index (χ3v) is 3.60. The lowest BCUT2D eigenvalue weighted by molar-refractivity contribution is -0.117. The number of fused-ring (bicyclic) bond motifs is 1. The lowest BCUT2D eigenvalue weighted by Gasteiger charge is -2.25. The maximum absolute atomic E-state index is 12.2. The first-order valence-electron chi connectivity index (χ1n) is 6.35. The molecule has 0 heterocycles. The fourth-order valence-electron chi connectivity index (χ4n) is 2.40. The van der Waals surface area contributed by atoms with Gasteiger partial charge in [-0.05, 0) is 35.5 Å². The van der Waals surface area contributed by atoms with Crippen LogP contribution < -0.4 is 11.1 Å². The number of benzene rings is 1. The first-order chi connectivity index (χ1) is 8.90. The van der Waals surface area contributed by atoms with E-state index in [1.165, 1.54) is 5.56 Å². The van der Waals surface area contributed by atoms with Gasteiger partial charge < -0.3 is 5.73 Å². The molecule has 19 heavy (non-hydrogen) atoms. The van der Waals surface area contributed by atoms with Crippen molar-refractivity contribution in [1.82, 2.24) is 5.32 Å². The molecule has 4 N–H and O–H groups in total. The van der Waals surface area contributed by atoms with E-state index in [1.54, 1.807) is 0 Å². The predicted molar refractivity (Wildman–Crippen MR) is 76.6 cm³/mol. The Morgan fingerprint density at radius 1 is 1.37 bits per heavy atom. The fraction of sp³-hybridized carbons (Fsp3) is 0.333. The summed E-state index contributed by atoms with van der Waals surface area (Å²) in [5, 5.41) is 9.57. The molecule has 1 aromatic carbocycles. The van der Waals surface area contributed by atoms with Crippen LogP contribution in [-0.2, 0) is 11.2 Å². The highest BCUT2D eigenvalue weighted by atomic mass is 16.1. The molecule has 0 saturated carbocycles. The first kappa shape index (κ1) is 13.3. The van der Waals surface area contributed by atoms with Crippen LogP contribution in [0.5, 0.6) is 0 Å². The molecule has 2 rings (SSSR count). The SMILES string of the molecule is CC1(C)CCc2ccccc2C=C1C(=O)NC(=N)N. The van der Waals surface area contributed by atoms with E-state index < -0.39 is 0 Å². The van der Waals surface area contributed by atoms with Gasteiger partial charge in [0.25, 0.3) is 5.91 Å². The van der Waals surface area contributed by atoms with Crippen LogP contribution in [0.1, 0.15) is 31.4 Å². The smallest absolute Gasteiger partial charge is 0.254 e. The Kier molecular flexibility index (Phi) is 3.42. The zero-order chi connectivity index (χ0) is 14.0. The molecular formula is C15H19N3O. The maximum Gasteiger partial charge on any atom is 0.254 e. The molecule has 0 bridgehead atoms. The van der Waals surface area contributed by atoms with Crippen LogP contribution >= 0.6 is 0 Å². The van der Waals surface area contributed by atoms with E-state index in [-0.39, 0.29) is 17.3 Å². The molecular weight excluding hydrogens is 238 g/mol. The molecule has 0 fully saturated rings. The summed E-state index contributed by atoms with van der Waals surface area (Å²) in [7, 11) is 0. The minimum atomic E-state index is -0.320. The van der Waals surface area contributed by atoms with Crippen LogP contribution in [0.15, 0.2) is 29.8 Å². The Hall–Kier alpha value is -2.10. The molecule has 0 saturated heterocycles. The molecule has 1 amide bonds. The van der Waals surface area contributed by atoms with E-state index in [0.717, 1.165) is 18.4 Å². The van der Waals surface area contributed by atoms with E-state index in [2.05, 4.69) is 11.4 Å². The minimum absolute atomic E-state index is 0.238. The first-order valence-corrected chi connectivity index (χ1v) is 6.35. The molecule has 0 aromatic heterocycles. The average Bonchev–Trinajstić information content (AvgIpc) is 2.46. The highest BCUT2D eigenvalue weighted by Crippen LogP contribution is 2.37. The van der Waals surface area contributed by atoms with E-state index in [9.17, 15) is 4.79 Å². The van der Waals surface area contributed by atoms with Crippen molar-refractivity contribution in [1.29, 1.82) is 5.41 Å². The number of rotatable bonds is 1. The number of carbonyl (C=O) groups is 1. The second-order valence-electron chi connectivity index (χ2n) is 5.51. The monoisotopic (exact) mass is 257 g/mol. The van der Waals surface area contributed by atoms with Crippen LogP contribution in [0.25, 0.3) is 6.08 Å². The summed E-state index contributed by atoms with van der Waals surface area (Å²) in [4.78, 5) is 12.2. The summed E-state index contributed by atoms with van der Waals surface area (Å²) in [6.07, 6.45) is 3.75. The lowest BCUT2D eigenvalue weighted by Crippen LogP contribution is -2.39. The molecule has 100 valence electrons. The van der Waals surface area contributed by atoms with E-state index in [1.807, 2.05) is 38.1 Å². The summed E-state index contributed by atoms with van der Waals surface area (Å²) in [5.41, 5.74) is 8.00. The Morgan fingerprint density at radius 3 is 2.74 bits per heavy atom. The van der Waals surface area contributed by atoms with Crippen LogP contribution in [0, 0.1) is 10.8 Å². The molecule has 0 unspecified atom stereocenters. The van der Waals surface area contributed by atoms with Gasteiger partial charge in [0.15, 0.2) is 5.96 Å². The Morgan fingerprint density at radius 2 is 2.05 bits per heavy atom. The van der Waals surface area contributed by atoms with Crippen LogP contribution in [0.2, 0.25) is 0 Å². The third kappa shape index (κ3) is 2.84. The zero-order valence-electron chi connectivity index (χ0n) is 11.3. The highest BCUT2D eigenvalue weighted by Gasteiger charge is 2.31. The van der Waals surface area contributed by atoms with Gasteiger partial charge >= 0.3 is 0 Å². The average molecular weight is 257 g/mol. The number of amides is 1. The van der Waals surface area contributed by atoms with Gasteiger partial charge in [-0.1, -0.05) is 38.1 Å². The number of carbonyl (C=O) groups excluding carboxylic acids is 1. The van der Waals surface area contributed by atoms with E-state index in [4.69, 9.17) is 11.1 Å². The van der Waals surface area contributed by atoms with E-state index >= 15 is 0 Å². The van der Waals surface area contributed by atoms with Crippen LogP contribution in [0.3, 0.4) is 0 Å². The van der Waals surface area contributed by atoms with Gasteiger partial charge in [0.05, 0.1) is 0 Å². The van der Waals surface area contributed by atoms with Gasteiger partial charge in [-0.3, -0.25) is 15.5 Å². The number of aryl methyl sites for hydroxylation is 1. The number of nitrogens with one attached hydrogen (secondary N) is 2. The van der Waals surface area contributed by atoms with Gasteiger partial charge in [-0.2, -0.15) is 0 Å². The predicted octanol–water partition coefficient (Wildman–Crippen LogP) is 2.05. The molecule has 0 atom stereocenters. The Balaban J connectivity index is 2.45. The number of nitrogens with two attached hydrogens (primary N) is 1. The number of hydrogen-bond acceptors (Lipinski definition) is 2. The fourth-order valence-corrected chi connectivity index (χ4v) is 2.40. The van der Waals surface area contributed by atoms with Crippen molar-refractivity contribution in [2.24, 2.45) is 11.1 Å². The topological polar surface area (TPSA) is 79.0 Å². The lowest BCUT2D eigenvalue weighted by atomic mass is 9.80. The number of guanidine groups is 1. The van der Waals surface area contributed by atoms with Crippen molar-refractivity contribution in [3.05, 3.63) is 41.0 Å². The second-order valence-corrected chi connectivity index (χ2v) is 5.51. The maximum atomic E-state index is 12.2.